The van der Waals surface area contributed by atoms with Crippen molar-refractivity contribution in [3.8, 4) is 0 Å². The average Bonchev–Trinajstić information content (AvgIpc) is 3.15. The van der Waals surface area contributed by atoms with Crippen molar-refractivity contribution in [1.29, 1.82) is 0 Å². The van der Waals surface area contributed by atoms with Gasteiger partial charge in [-0.2, -0.15) is 0 Å². The molecule has 30 heavy (non-hydrogen) atoms. The van der Waals surface area contributed by atoms with Crippen molar-refractivity contribution in [3.05, 3.63) is 71.8 Å². The first-order chi connectivity index (χ1) is 14.6. The first-order valence-corrected chi connectivity index (χ1v) is 10.3. The molecular formula is C24H29NO5. The number of rotatable bonds is 10. The predicted octanol–water partition coefficient (Wildman–Crippen LogP) is 4.15. The number of carbonyl (C=O) groups is 2. The van der Waals surface area contributed by atoms with Crippen molar-refractivity contribution in [3.63, 3.8) is 0 Å². The van der Waals surface area contributed by atoms with E-state index in [9.17, 15) is 9.59 Å². The number of carbonyl (C=O) groups excluding carboxylic acids is 2. The monoisotopic (exact) mass is 411 g/mol. The average molecular weight is 411 g/mol. The topological polar surface area (TPSA) is 65.1 Å². The minimum absolute atomic E-state index is 0.0752. The normalized spacial score (nSPS) is 17.2. The summed E-state index contributed by atoms with van der Waals surface area (Å²) in [6.45, 7) is 0.233. The number of imide groups is 1. The summed E-state index contributed by atoms with van der Waals surface area (Å²) in [6, 6.07) is 19.6. The number of hydrogen-bond donors (Lipinski definition) is 0. The van der Waals surface area contributed by atoms with Gasteiger partial charge in [0.25, 0.3) is 0 Å². The number of amides is 2. The molecule has 1 aliphatic heterocycles. The molecule has 2 amide bonds. The summed E-state index contributed by atoms with van der Waals surface area (Å²) < 4.78 is 15.9. The van der Waals surface area contributed by atoms with E-state index in [1.165, 1.54) is 4.90 Å². The zero-order chi connectivity index (χ0) is 21.3. The SMILES string of the molecule is COC(CC(CCC(=O)N1C(=O)OCC1Cc1ccccc1)c1ccccc1)OC. The van der Waals surface area contributed by atoms with Gasteiger partial charge in [-0.3, -0.25) is 4.79 Å². The van der Waals surface area contributed by atoms with Crippen molar-refractivity contribution in [2.75, 3.05) is 20.8 Å². The molecule has 2 aromatic carbocycles. The van der Waals surface area contributed by atoms with E-state index in [2.05, 4.69) is 0 Å². The van der Waals surface area contributed by atoms with Crippen LogP contribution in [-0.2, 0) is 25.4 Å². The number of benzene rings is 2. The van der Waals surface area contributed by atoms with E-state index in [4.69, 9.17) is 14.2 Å². The van der Waals surface area contributed by atoms with Crippen LogP contribution in [0.25, 0.3) is 0 Å². The molecule has 1 fully saturated rings. The molecule has 2 aromatic rings. The van der Waals surface area contributed by atoms with Crippen molar-refractivity contribution in [2.45, 2.75) is 43.9 Å². The van der Waals surface area contributed by atoms with Gasteiger partial charge in [-0.25, -0.2) is 9.69 Å². The lowest BCUT2D eigenvalue weighted by molar-refractivity contribution is -0.130. The molecule has 0 radical (unpaired) electrons. The lowest BCUT2D eigenvalue weighted by atomic mass is 9.90. The Bertz CT molecular complexity index is 807. The largest absolute Gasteiger partial charge is 0.447 e. The molecule has 1 saturated heterocycles. The van der Waals surface area contributed by atoms with Crippen LogP contribution < -0.4 is 0 Å². The lowest BCUT2D eigenvalue weighted by Crippen LogP contribution is -2.40. The summed E-state index contributed by atoms with van der Waals surface area (Å²) in [4.78, 5) is 26.5. The van der Waals surface area contributed by atoms with Gasteiger partial charge in [0.2, 0.25) is 5.91 Å². The molecule has 0 aromatic heterocycles. The second-order valence-electron chi connectivity index (χ2n) is 7.47. The van der Waals surface area contributed by atoms with Gasteiger partial charge in [-0.1, -0.05) is 60.7 Å². The maximum atomic E-state index is 13.0. The molecule has 0 aliphatic carbocycles. The molecule has 2 unspecified atom stereocenters. The van der Waals surface area contributed by atoms with Gasteiger partial charge in [-0.15, -0.1) is 0 Å². The summed E-state index contributed by atoms with van der Waals surface area (Å²) in [5.74, 6) is -0.128. The Kier molecular flexibility index (Phi) is 7.99. The van der Waals surface area contributed by atoms with Gasteiger partial charge in [0.1, 0.15) is 6.61 Å². The Balaban J connectivity index is 1.66. The van der Waals surface area contributed by atoms with E-state index in [0.717, 1.165) is 11.1 Å². The first-order valence-electron chi connectivity index (χ1n) is 10.3. The van der Waals surface area contributed by atoms with Gasteiger partial charge in [0, 0.05) is 27.1 Å². The van der Waals surface area contributed by atoms with Crippen molar-refractivity contribution >= 4 is 12.0 Å². The van der Waals surface area contributed by atoms with E-state index in [1.807, 2.05) is 60.7 Å². The molecule has 1 aliphatic rings. The van der Waals surface area contributed by atoms with Crippen LogP contribution in [-0.4, -0.2) is 50.1 Å². The number of methoxy groups -OCH3 is 2. The van der Waals surface area contributed by atoms with E-state index in [1.54, 1.807) is 14.2 Å². The number of nitrogens with zero attached hydrogens (tertiary/aromatic N) is 1. The Morgan fingerprint density at radius 3 is 2.33 bits per heavy atom. The minimum Gasteiger partial charge on any atom is -0.447 e. The van der Waals surface area contributed by atoms with Crippen LogP contribution >= 0.6 is 0 Å². The molecule has 0 saturated carbocycles. The summed E-state index contributed by atoms with van der Waals surface area (Å²) in [5.41, 5.74) is 2.19. The fraction of sp³-hybridized carbons (Fsp3) is 0.417. The van der Waals surface area contributed by atoms with Gasteiger partial charge >= 0.3 is 6.09 Å². The number of cyclic esters (lactones) is 1. The van der Waals surface area contributed by atoms with E-state index in [0.29, 0.717) is 19.3 Å². The van der Waals surface area contributed by atoms with Crippen LogP contribution in [0.1, 0.15) is 36.3 Å². The van der Waals surface area contributed by atoms with Gasteiger partial charge < -0.3 is 14.2 Å². The maximum absolute atomic E-state index is 13.0. The zero-order valence-electron chi connectivity index (χ0n) is 17.5. The first kappa shape index (κ1) is 22.0. The van der Waals surface area contributed by atoms with E-state index in [-0.39, 0.29) is 37.2 Å². The number of ether oxygens (including phenoxy) is 3. The minimum atomic E-state index is -0.552. The third kappa shape index (κ3) is 5.68. The fourth-order valence-corrected chi connectivity index (χ4v) is 3.89. The van der Waals surface area contributed by atoms with Crippen LogP contribution in [0, 0.1) is 0 Å². The van der Waals surface area contributed by atoms with E-state index >= 15 is 0 Å². The van der Waals surface area contributed by atoms with Crippen molar-refractivity contribution in [1.82, 2.24) is 4.90 Å². The zero-order valence-corrected chi connectivity index (χ0v) is 17.5. The Morgan fingerprint density at radius 2 is 1.70 bits per heavy atom. The maximum Gasteiger partial charge on any atom is 0.416 e. The van der Waals surface area contributed by atoms with Crippen LogP contribution in [0.3, 0.4) is 0 Å². The second-order valence-corrected chi connectivity index (χ2v) is 7.47. The molecule has 0 bridgehead atoms. The smallest absolute Gasteiger partial charge is 0.416 e. The third-order valence-electron chi connectivity index (χ3n) is 5.52. The van der Waals surface area contributed by atoms with Gasteiger partial charge in [0.15, 0.2) is 6.29 Å². The van der Waals surface area contributed by atoms with Crippen molar-refractivity contribution in [2.24, 2.45) is 0 Å². The van der Waals surface area contributed by atoms with Crippen LogP contribution in [0.4, 0.5) is 4.79 Å². The number of hydrogen-bond acceptors (Lipinski definition) is 5. The molecule has 3 rings (SSSR count). The Labute approximate surface area is 177 Å². The third-order valence-corrected chi connectivity index (χ3v) is 5.52. The summed E-state index contributed by atoms with van der Waals surface area (Å²) in [5, 5.41) is 0. The highest BCUT2D eigenvalue weighted by Crippen LogP contribution is 2.29. The fourth-order valence-electron chi connectivity index (χ4n) is 3.89. The van der Waals surface area contributed by atoms with Crippen LogP contribution in [0.2, 0.25) is 0 Å². The molecule has 1 heterocycles. The van der Waals surface area contributed by atoms with Crippen molar-refractivity contribution < 1.29 is 23.8 Å². The standard InChI is InChI=1S/C24H29NO5/c1-28-23(29-2)16-20(19-11-7-4-8-12-19)13-14-22(26)25-21(17-30-24(25)27)15-18-9-5-3-6-10-18/h3-12,20-21,23H,13-17H2,1-2H3. The second kappa shape index (κ2) is 10.9. The molecule has 160 valence electrons. The molecule has 2 atom stereocenters. The van der Waals surface area contributed by atoms with E-state index < -0.39 is 6.09 Å². The molecular weight excluding hydrogens is 382 g/mol. The molecule has 0 spiro atoms. The van der Waals surface area contributed by atoms with Gasteiger partial charge in [0.05, 0.1) is 6.04 Å². The summed E-state index contributed by atoms with van der Waals surface area (Å²) in [6.07, 6.45) is 1.16. The summed E-state index contributed by atoms with van der Waals surface area (Å²) >= 11 is 0. The predicted molar refractivity (Wildman–Crippen MR) is 113 cm³/mol. The molecule has 0 N–H and O–H groups in total. The highest BCUT2D eigenvalue weighted by Gasteiger charge is 2.37. The Morgan fingerprint density at radius 1 is 1.07 bits per heavy atom. The summed E-state index contributed by atoms with van der Waals surface area (Å²) in [7, 11) is 3.21. The van der Waals surface area contributed by atoms with Gasteiger partial charge in [-0.05, 0) is 29.9 Å². The lowest BCUT2D eigenvalue weighted by Gasteiger charge is -2.24. The molecule has 6 nitrogen and oxygen atoms in total. The highest BCUT2D eigenvalue weighted by molar-refractivity contribution is 5.93. The quantitative estimate of drug-likeness (QED) is 0.550. The van der Waals surface area contributed by atoms with Crippen LogP contribution in [0.5, 0.6) is 0 Å². The van der Waals surface area contributed by atoms with Crippen LogP contribution in [0.15, 0.2) is 60.7 Å². The Hall–Kier alpha value is -2.70. The highest BCUT2D eigenvalue weighted by atomic mass is 16.7. The molecule has 6 heteroatoms.